The first-order valence-corrected chi connectivity index (χ1v) is 11.2. The predicted octanol–water partition coefficient (Wildman–Crippen LogP) is 7.56. The Morgan fingerprint density at radius 2 is 1.53 bits per heavy atom. The van der Waals surface area contributed by atoms with Crippen molar-refractivity contribution in [3.05, 3.63) is 89.4 Å². The number of hydrogen-bond acceptors (Lipinski definition) is 1. The van der Waals surface area contributed by atoms with Crippen LogP contribution in [-0.2, 0) is 4.79 Å². The molecule has 0 heterocycles. The molecule has 0 aliphatic heterocycles. The first-order chi connectivity index (χ1) is 14.6. The van der Waals surface area contributed by atoms with Crippen LogP contribution in [0, 0.1) is 11.8 Å². The van der Waals surface area contributed by atoms with E-state index in [4.69, 9.17) is 11.6 Å². The molecule has 3 heteroatoms. The van der Waals surface area contributed by atoms with Crippen LogP contribution in [0.4, 0.5) is 5.69 Å². The second kappa shape index (κ2) is 9.49. The van der Waals surface area contributed by atoms with Gasteiger partial charge in [0.15, 0.2) is 0 Å². The maximum absolute atomic E-state index is 12.7. The first-order valence-electron chi connectivity index (χ1n) is 10.8. The van der Waals surface area contributed by atoms with Crippen LogP contribution >= 0.6 is 11.6 Å². The average Bonchev–Trinajstić information content (AvgIpc) is 2.81. The van der Waals surface area contributed by atoms with E-state index in [1.54, 1.807) is 12.1 Å². The van der Waals surface area contributed by atoms with E-state index in [9.17, 15) is 4.79 Å². The molecule has 1 amide bonds. The second-order valence-corrected chi connectivity index (χ2v) is 8.82. The predicted molar refractivity (Wildman–Crippen MR) is 126 cm³/mol. The molecule has 1 saturated carbocycles. The van der Waals surface area contributed by atoms with Crippen LogP contribution in [0.2, 0.25) is 5.02 Å². The number of carbonyl (C=O) groups is 1. The molecular weight excluding hydrogens is 390 g/mol. The molecule has 4 rings (SSSR count). The molecule has 0 spiro atoms. The summed E-state index contributed by atoms with van der Waals surface area (Å²) in [5, 5.41) is 3.71. The lowest BCUT2D eigenvalue weighted by Crippen LogP contribution is -2.29. The van der Waals surface area contributed by atoms with Crippen LogP contribution in [0.5, 0.6) is 0 Å². The first kappa shape index (κ1) is 20.7. The van der Waals surface area contributed by atoms with Gasteiger partial charge in [-0.15, -0.1) is 0 Å². The van der Waals surface area contributed by atoms with Gasteiger partial charge in [-0.05, 0) is 78.5 Å². The highest BCUT2D eigenvalue weighted by Gasteiger charge is 2.29. The summed E-state index contributed by atoms with van der Waals surface area (Å²) in [4.78, 5) is 12.7. The molecule has 2 nitrogen and oxygen atoms in total. The summed E-state index contributed by atoms with van der Waals surface area (Å²) in [5.41, 5.74) is 4.78. The molecule has 0 aromatic heterocycles. The number of anilines is 1. The van der Waals surface area contributed by atoms with Gasteiger partial charge in [-0.3, -0.25) is 4.79 Å². The molecule has 30 heavy (non-hydrogen) atoms. The topological polar surface area (TPSA) is 29.1 Å². The summed E-state index contributed by atoms with van der Waals surface area (Å²) in [7, 11) is 0. The van der Waals surface area contributed by atoms with Gasteiger partial charge >= 0.3 is 0 Å². The SMILES string of the molecule is CC(C(=O)Nc1ccc(Cl)cc1)C1CCC(c2cccc(-c3ccccc3)c2)CC1. The quantitative estimate of drug-likeness (QED) is 0.456. The van der Waals surface area contributed by atoms with E-state index in [0.29, 0.717) is 16.9 Å². The largest absolute Gasteiger partial charge is 0.326 e. The normalized spacial score (nSPS) is 19.8. The molecule has 1 unspecified atom stereocenters. The van der Waals surface area contributed by atoms with Crippen molar-refractivity contribution in [1.29, 1.82) is 0 Å². The Morgan fingerprint density at radius 1 is 0.867 bits per heavy atom. The molecule has 1 N–H and O–H groups in total. The third-order valence-electron chi connectivity index (χ3n) is 6.47. The minimum Gasteiger partial charge on any atom is -0.326 e. The zero-order valence-electron chi connectivity index (χ0n) is 17.4. The summed E-state index contributed by atoms with van der Waals surface area (Å²) in [6, 6.07) is 26.8. The van der Waals surface area contributed by atoms with Crippen LogP contribution in [-0.4, -0.2) is 5.91 Å². The molecule has 3 aromatic carbocycles. The number of nitrogens with one attached hydrogen (secondary N) is 1. The second-order valence-electron chi connectivity index (χ2n) is 8.39. The molecule has 0 radical (unpaired) electrons. The van der Waals surface area contributed by atoms with E-state index < -0.39 is 0 Å². The molecular formula is C27H28ClNO. The van der Waals surface area contributed by atoms with Crippen LogP contribution < -0.4 is 5.32 Å². The van der Waals surface area contributed by atoms with Gasteiger partial charge in [0.2, 0.25) is 5.91 Å². The fraction of sp³-hybridized carbons (Fsp3) is 0.296. The smallest absolute Gasteiger partial charge is 0.227 e. The van der Waals surface area contributed by atoms with Crippen molar-refractivity contribution in [2.75, 3.05) is 5.32 Å². The highest BCUT2D eigenvalue weighted by atomic mass is 35.5. The molecule has 1 aliphatic carbocycles. The van der Waals surface area contributed by atoms with E-state index in [1.807, 2.05) is 12.1 Å². The minimum absolute atomic E-state index is 0.0114. The Balaban J connectivity index is 1.35. The zero-order valence-corrected chi connectivity index (χ0v) is 18.1. The maximum atomic E-state index is 12.7. The van der Waals surface area contributed by atoms with Gasteiger partial charge in [0.25, 0.3) is 0 Å². The Hall–Kier alpha value is -2.58. The van der Waals surface area contributed by atoms with Crippen molar-refractivity contribution in [2.24, 2.45) is 11.8 Å². The van der Waals surface area contributed by atoms with E-state index >= 15 is 0 Å². The van der Waals surface area contributed by atoms with E-state index in [0.717, 1.165) is 31.4 Å². The molecule has 0 bridgehead atoms. The minimum atomic E-state index is 0.0114. The molecule has 0 saturated heterocycles. The lowest BCUT2D eigenvalue weighted by Gasteiger charge is -2.32. The lowest BCUT2D eigenvalue weighted by molar-refractivity contribution is -0.121. The van der Waals surface area contributed by atoms with E-state index in [2.05, 4.69) is 66.8 Å². The Bertz CT molecular complexity index is 975. The van der Waals surface area contributed by atoms with Gasteiger partial charge in [0.05, 0.1) is 0 Å². The van der Waals surface area contributed by atoms with Gasteiger partial charge in [0, 0.05) is 16.6 Å². The van der Waals surface area contributed by atoms with Crippen LogP contribution in [0.1, 0.15) is 44.1 Å². The van der Waals surface area contributed by atoms with Gasteiger partial charge in [-0.2, -0.15) is 0 Å². The van der Waals surface area contributed by atoms with Crippen LogP contribution in [0.25, 0.3) is 11.1 Å². The third kappa shape index (κ3) is 4.94. The number of hydrogen-bond donors (Lipinski definition) is 1. The van der Waals surface area contributed by atoms with Crippen molar-refractivity contribution in [2.45, 2.75) is 38.5 Å². The summed E-state index contributed by atoms with van der Waals surface area (Å²) in [6.07, 6.45) is 4.47. The van der Waals surface area contributed by atoms with Crippen molar-refractivity contribution in [1.82, 2.24) is 0 Å². The Morgan fingerprint density at radius 3 is 2.23 bits per heavy atom. The Kier molecular flexibility index (Phi) is 6.54. The van der Waals surface area contributed by atoms with Gasteiger partial charge < -0.3 is 5.32 Å². The highest BCUT2D eigenvalue weighted by Crippen LogP contribution is 2.40. The van der Waals surface area contributed by atoms with Crippen molar-refractivity contribution in [3.63, 3.8) is 0 Å². The number of carbonyl (C=O) groups excluding carboxylic acids is 1. The van der Waals surface area contributed by atoms with E-state index in [-0.39, 0.29) is 11.8 Å². The number of benzene rings is 3. The molecule has 154 valence electrons. The molecule has 1 fully saturated rings. The summed E-state index contributed by atoms with van der Waals surface area (Å²) in [6.45, 7) is 2.06. The number of halogens is 1. The standard InChI is InChI=1S/C27H28ClNO/c1-19(27(30)29-26-16-14-25(28)15-17-26)20-10-12-22(13-11-20)24-9-5-8-23(18-24)21-6-3-2-4-7-21/h2-9,14-20,22H,10-13H2,1H3,(H,29,30). The van der Waals surface area contributed by atoms with Crippen molar-refractivity contribution < 1.29 is 4.79 Å². The van der Waals surface area contributed by atoms with Gasteiger partial charge in [-0.1, -0.05) is 73.1 Å². The molecule has 1 aliphatic rings. The summed E-state index contributed by atoms with van der Waals surface area (Å²) in [5.74, 6) is 1.13. The van der Waals surface area contributed by atoms with Crippen LogP contribution in [0.15, 0.2) is 78.9 Å². The third-order valence-corrected chi connectivity index (χ3v) is 6.72. The monoisotopic (exact) mass is 417 g/mol. The number of rotatable bonds is 5. The molecule has 1 atom stereocenters. The lowest BCUT2D eigenvalue weighted by atomic mass is 9.74. The van der Waals surface area contributed by atoms with Gasteiger partial charge in [0.1, 0.15) is 0 Å². The fourth-order valence-corrected chi connectivity index (χ4v) is 4.68. The average molecular weight is 418 g/mol. The van der Waals surface area contributed by atoms with Crippen molar-refractivity contribution in [3.8, 4) is 11.1 Å². The summed E-state index contributed by atoms with van der Waals surface area (Å²) < 4.78 is 0. The maximum Gasteiger partial charge on any atom is 0.227 e. The highest BCUT2D eigenvalue weighted by molar-refractivity contribution is 6.30. The van der Waals surface area contributed by atoms with E-state index in [1.165, 1.54) is 16.7 Å². The number of amides is 1. The fourth-order valence-electron chi connectivity index (χ4n) is 4.56. The Labute approximate surface area is 184 Å². The van der Waals surface area contributed by atoms with Crippen molar-refractivity contribution >= 4 is 23.2 Å². The van der Waals surface area contributed by atoms with Crippen LogP contribution in [0.3, 0.4) is 0 Å². The summed E-state index contributed by atoms with van der Waals surface area (Å²) >= 11 is 5.93. The van der Waals surface area contributed by atoms with Gasteiger partial charge in [-0.25, -0.2) is 0 Å². The zero-order chi connectivity index (χ0) is 20.9. The molecule has 3 aromatic rings.